The van der Waals surface area contributed by atoms with Crippen molar-refractivity contribution in [1.82, 2.24) is 4.98 Å². The minimum atomic E-state index is -4.39. The first-order valence-electron chi connectivity index (χ1n) is 12.9. The standard InChI is InChI=1S/C31H32F3NO4S/c1-6-37-28(36)29(4,5)39-25-15-14-24(18-20(25)2)38-19-30(16-8-7-9-17-30)26-21(3)35-27(40-26)22-10-12-23(13-11-22)31(32,33)34/h7-16,18H,6,17,19H2,1-5H3. The van der Waals surface area contributed by atoms with E-state index in [1.54, 1.807) is 32.9 Å². The molecule has 0 aliphatic heterocycles. The summed E-state index contributed by atoms with van der Waals surface area (Å²) in [5.41, 5.74) is -0.0655. The third-order valence-electron chi connectivity index (χ3n) is 6.63. The van der Waals surface area contributed by atoms with Crippen molar-refractivity contribution in [3.05, 3.63) is 88.5 Å². The van der Waals surface area contributed by atoms with Crippen LogP contribution in [0.3, 0.4) is 0 Å². The van der Waals surface area contributed by atoms with E-state index in [0.29, 0.717) is 35.1 Å². The van der Waals surface area contributed by atoms with E-state index in [4.69, 9.17) is 19.2 Å². The summed E-state index contributed by atoms with van der Waals surface area (Å²) in [6, 6.07) is 10.5. The Morgan fingerprint density at radius 1 is 1.07 bits per heavy atom. The molecule has 212 valence electrons. The van der Waals surface area contributed by atoms with Gasteiger partial charge in [-0.2, -0.15) is 13.2 Å². The summed E-state index contributed by atoms with van der Waals surface area (Å²) < 4.78 is 56.4. The molecule has 1 unspecified atom stereocenters. The fourth-order valence-corrected chi connectivity index (χ4v) is 5.69. The average Bonchev–Trinajstić information content (AvgIpc) is 3.31. The lowest BCUT2D eigenvalue weighted by molar-refractivity contribution is -0.158. The Morgan fingerprint density at radius 2 is 1.80 bits per heavy atom. The lowest BCUT2D eigenvalue weighted by Crippen LogP contribution is -2.39. The molecule has 1 aliphatic carbocycles. The number of thiazole rings is 1. The van der Waals surface area contributed by atoms with Crippen molar-refractivity contribution in [1.29, 1.82) is 0 Å². The summed E-state index contributed by atoms with van der Waals surface area (Å²) in [6.45, 7) is 9.47. The Bertz CT molecular complexity index is 1420. The Hall–Kier alpha value is -3.59. The van der Waals surface area contributed by atoms with E-state index in [1.165, 1.54) is 23.5 Å². The Morgan fingerprint density at radius 3 is 2.40 bits per heavy atom. The number of allylic oxidation sites excluding steroid dienone is 3. The minimum absolute atomic E-state index is 0.272. The molecule has 0 radical (unpaired) electrons. The minimum Gasteiger partial charge on any atom is -0.492 e. The Balaban J connectivity index is 1.55. The molecular weight excluding hydrogens is 539 g/mol. The summed E-state index contributed by atoms with van der Waals surface area (Å²) in [7, 11) is 0. The third-order valence-corrected chi connectivity index (χ3v) is 8.05. The van der Waals surface area contributed by atoms with Crippen molar-refractivity contribution in [2.75, 3.05) is 13.2 Å². The molecular formula is C31H32F3NO4S. The van der Waals surface area contributed by atoms with Crippen molar-refractivity contribution in [2.24, 2.45) is 0 Å². The van der Waals surface area contributed by atoms with Gasteiger partial charge in [0.25, 0.3) is 0 Å². The quantitative estimate of drug-likeness (QED) is 0.244. The molecule has 0 fully saturated rings. The summed E-state index contributed by atoms with van der Waals surface area (Å²) in [5, 5.41) is 0.658. The van der Waals surface area contributed by atoms with E-state index in [9.17, 15) is 18.0 Å². The van der Waals surface area contributed by atoms with Crippen LogP contribution in [0.4, 0.5) is 13.2 Å². The molecule has 4 rings (SSSR count). The van der Waals surface area contributed by atoms with Crippen LogP contribution >= 0.6 is 11.3 Å². The highest BCUT2D eigenvalue weighted by Crippen LogP contribution is 2.42. The molecule has 9 heteroatoms. The number of ether oxygens (including phenoxy) is 3. The Kier molecular flexibility index (Phi) is 8.44. The highest BCUT2D eigenvalue weighted by atomic mass is 32.1. The maximum atomic E-state index is 13.0. The maximum Gasteiger partial charge on any atom is 0.416 e. The van der Waals surface area contributed by atoms with Crippen LogP contribution < -0.4 is 9.47 Å². The lowest BCUT2D eigenvalue weighted by Gasteiger charge is -2.31. The van der Waals surface area contributed by atoms with Gasteiger partial charge < -0.3 is 14.2 Å². The van der Waals surface area contributed by atoms with Crippen LogP contribution in [0, 0.1) is 13.8 Å². The smallest absolute Gasteiger partial charge is 0.416 e. The molecule has 2 aromatic carbocycles. The van der Waals surface area contributed by atoms with Gasteiger partial charge >= 0.3 is 12.1 Å². The lowest BCUT2D eigenvalue weighted by atomic mass is 9.80. The second kappa shape index (κ2) is 11.5. The van der Waals surface area contributed by atoms with E-state index in [-0.39, 0.29) is 6.61 Å². The maximum absolute atomic E-state index is 13.0. The van der Waals surface area contributed by atoms with Gasteiger partial charge in [-0.1, -0.05) is 36.4 Å². The third kappa shape index (κ3) is 6.41. The molecule has 1 aromatic heterocycles. The number of nitrogens with zero attached hydrogens (tertiary/aromatic N) is 1. The normalized spacial score (nSPS) is 17.1. The molecule has 1 aliphatic rings. The molecule has 0 saturated carbocycles. The molecule has 0 bridgehead atoms. The molecule has 5 nitrogen and oxygen atoms in total. The SMILES string of the molecule is CCOC(=O)C(C)(C)Oc1ccc(OCC2(c3sc(-c4ccc(C(F)(F)F)cc4)nc3C)C=CC=CC2)cc1C. The van der Waals surface area contributed by atoms with Crippen LogP contribution in [0.5, 0.6) is 11.5 Å². The van der Waals surface area contributed by atoms with Crippen molar-refractivity contribution in [2.45, 2.75) is 58.2 Å². The summed E-state index contributed by atoms with van der Waals surface area (Å²) >= 11 is 1.46. The second-order valence-corrected chi connectivity index (χ2v) is 11.2. The second-order valence-electron chi connectivity index (χ2n) is 10.2. The number of alkyl halides is 3. The van der Waals surface area contributed by atoms with E-state index in [0.717, 1.165) is 28.3 Å². The van der Waals surface area contributed by atoms with E-state index in [2.05, 4.69) is 12.2 Å². The molecule has 0 spiro atoms. The summed E-state index contributed by atoms with van der Waals surface area (Å²) in [5.74, 6) is 0.760. The number of hydrogen-bond donors (Lipinski definition) is 0. The molecule has 0 N–H and O–H groups in total. The van der Waals surface area contributed by atoms with Crippen molar-refractivity contribution in [3.63, 3.8) is 0 Å². The van der Waals surface area contributed by atoms with E-state index >= 15 is 0 Å². The van der Waals surface area contributed by atoms with Crippen molar-refractivity contribution in [3.8, 4) is 22.1 Å². The predicted molar refractivity (Wildman–Crippen MR) is 150 cm³/mol. The number of rotatable bonds is 9. The van der Waals surface area contributed by atoms with Gasteiger partial charge in [0.05, 0.1) is 23.3 Å². The zero-order valence-corrected chi connectivity index (χ0v) is 23.9. The van der Waals surface area contributed by atoms with Crippen molar-refractivity contribution >= 4 is 17.3 Å². The topological polar surface area (TPSA) is 57.7 Å². The van der Waals surface area contributed by atoms with Crippen LogP contribution in [-0.2, 0) is 21.1 Å². The number of esters is 1. The zero-order chi connectivity index (χ0) is 29.1. The van der Waals surface area contributed by atoms with Gasteiger partial charge in [-0.3, -0.25) is 0 Å². The molecule has 0 saturated heterocycles. The van der Waals surface area contributed by atoms with Crippen LogP contribution in [0.1, 0.15) is 48.9 Å². The number of carbonyl (C=O) groups is 1. The van der Waals surface area contributed by atoms with Crippen LogP contribution in [0.2, 0.25) is 0 Å². The molecule has 3 aromatic rings. The average molecular weight is 572 g/mol. The van der Waals surface area contributed by atoms with Gasteiger partial charge in [0.2, 0.25) is 0 Å². The highest BCUT2D eigenvalue weighted by Gasteiger charge is 2.36. The zero-order valence-electron chi connectivity index (χ0n) is 23.1. The number of carbonyl (C=O) groups excluding carboxylic acids is 1. The highest BCUT2D eigenvalue weighted by molar-refractivity contribution is 7.15. The number of halogens is 3. The van der Waals surface area contributed by atoms with Crippen LogP contribution in [-0.4, -0.2) is 29.8 Å². The van der Waals surface area contributed by atoms with Gasteiger partial charge in [-0.15, -0.1) is 11.3 Å². The van der Waals surface area contributed by atoms with E-state index < -0.39 is 28.7 Å². The molecule has 1 atom stereocenters. The molecule has 0 amide bonds. The first-order chi connectivity index (χ1) is 18.8. The van der Waals surface area contributed by atoms with Gasteiger partial charge in [0, 0.05) is 10.4 Å². The van der Waals surface area contributed by atoms with Gasteiger partial charge in [-0.25, -0.2) is 9.78 Å². The van der Waals surface area contributed by atoms with Crippen molar-refractivity contribution < 1.29 is 32.2 Å². The van der Waals surface area contributed by atoms with Crippen LogP contribution in [0.15, 0.2) is 66.8 Å². The number of benzene rings is 2. The summed E-state index contributed by atoms with van der Waals surface area (Å²) in [4.78, 5) is 17.9. The first-order valence-corrected chi connectivity index (χ1v) is 13.8. The Labute approximate surface area is 236 Å². The van der Waals surface area contributed by atoms with Gasteiger partial charge in [0.1, 0.15) is 23.1 Å². The monoisotopic (exact) mass is 571 g/mol. The van der Waals surface area contributed by atoms with Gasteiger partial charge in [0.15, 0.2) is 5.60 Å². The van der Waals surface area contributed by atoms with Crippen LogP contribution in [0.25, 0.3) is 10.6 Å². The fourth-order valence-electron chi connectivity index (χ4n) is 4.45. The predicted octanol–water partition coefficient (Wildman–Crippen LogP) is 8.00. The fraction of sp³-hybridized carbons (Fsp3) is 0.355. The number of aryl methyl sites for hydroxylation is 2. The van der Waals surface area contributed by atoms with E-state index in [1.807, 2.05) is 32.1 Å². The van der Waals surface area contributed by atoms with Gasteiger partial charge in [-0.05, 0) is 76.9 Å². The number of aromatic nitrogens is 1. The molecule has 40 heavy (non-hydrogen) atoms. The largest absolute Gasteiger partial charge is 0.492 e. The number of hydrogen-bond acceptors (Lipinski definition) is 6. The summed E-state index contributed by atoms with van der Waals surface area (Å²) in [6.07, 6.45) is 4.42. The first kappa shape index (κ1) is 29.4. The molecule has 1 heterocycles.